The van der Waals surface area contributed by atoms with Crippen molar-refractivity contribution in [2.24, 2.45) is 0 Å². The van der Waals surface area contributed by atoms with Gasteiger partial charge < -0.3 is 0 Å². The number of rotatable bonds is 5. The van der Waals surface area contributed by atoms with E-state index in [1.165, 1.54) is 42.1 Å². The first-order valence-corrected chi connectivity index (χ1v) is 17.9. The average Bonchev–Trinajstić information content (AvgIpc) is 3.61. The van der Waals surface area contributed by atoms with E-state index in [4.69, 9.17) is 15.0 Å². The van der Waals surface area contributed by atoms with Gasteiger partial charge in [0.15, 0.2) is 5.82 Å². The number of thiophene rings is 1. The SMILES string of the molecule is c1ccc(-c2cc(-c3ccccc3)nc(-c3ccc4c(c3)nc(-c3ccc(-c5cccc6ccccc56)cc3)c3c5ccccc5sc43)n2)cc1. The van der Waals surface area contributed by atoms with Crippen LogP contribution in [0.25, 0.3) is 98.1 Å². The van der Waals surface area contributed by atoms with Crippen molar-refractivity contribution in [2.45, 2.75) is 0 Å². The largest absolute Gasteiger partial charge is 0.247 e. The van der Waals surface area contributed by atoms with Crippen LogP contribution < -0.4 is 0 Å². The van der Waals surface area contributed by atoms with Gasteiger partial charge in [0.1, 0.15) is 0 Å². The highest BCUT2D eigenvalue weighted by molar-refractivity contribution is 7.26. The summed E-state index contributed by atoms with van der Waals surface area (Å²) in [4.78, 5) is 15.7. The smallest absolute Gasteiger partial charge is 0.160 e. The number of aromatic nitrogens is 3. The Kier molecular flexibility index (Phi) is 7.00. The number of fused-ring (bicyclic) bond motifs is 6. The van der Waals surface area contributed by atoms with Crippen LogP contribution in [0.2, 0.25) is 0 Å². The van der Waals surface area contributed by atoms with E-state index in [2.05, 4.69) is 140 Å². The molecule has 4 heteroatoms. The van der Waals surface area contributed by atoms with Crippen LogP contribution in [0.5, 0.6) is 0 Å². The second kappa shape index (κ2) is 12.1. The lowest BCUT2D eigenvalue weighted by Crippen LogP contribution is -1.96. The van der Waals surface area contributed by atoms with Crippen LogP contribution in [0.15, 0.2) is 176 Å². The highest BCUT2D eigenvalue weighted by Crippen LogP contribution is 2.44. The summed E-state index contributed by atoms with van der Waals surface area (Å²) in [6.07, 6.45) is 0. The Morgan fingerprint density at radius 3 is 1.75 bits per heavy atom. The fourth-order valence-electron chi connectivity index (χ4n) is 7.19. The lowest BCUT2D eigenvalue weighted by atomic mass is 9.96. The molecule has 0 radical (unpaired) electrons. The Labute approximate surface area is 299 Å². The van der Waals surface area contributed by atoms with E-state index in [0.717, 1.165) is 50.2 Å². The van der Waals surface area contributed by atoms with Crippen LogP contribution in [0.4, 0.5) is 0 Å². The van der Waals surface area contributed by atoms with Gasteiger partial charge in [-0.1, -0.05) is 158 Å². The molecule has 0 saturated carbocycles. The molecule has 10 aromatic rings. The molecule has 0 atom stereocenters. The van der Waals surface area contributed by atoms with Crippen molar-refractivity contribution in [3.63, 3.8) is 0 Å². The zero-order valence-electron chi connectivity index (χ0n) is 27.5. The van der Waals surface area contributed by atoms with Crippen LogP contribution in [0.3, 0.4) is 0 Å². The minimum atomic E-state index is 0.677. The van der Waals surface area contributed by atoms with Gasteiger partial charge in [-0.25, -0.2) is 15.0 Å². The number of nitrogens with zero attached hydrogens (tertiary/aromatic N) is 3. The van der Waals surface area contributed by atoms with E-state index in [0.29, 0.717) is 5.82 Å². The summed E-state index contributed by atoms with van der Waals surface area (Å²) < 4.78 is 2.50. The zero-order valence-corrected chi connectivity index (χ0v) is 28.3. The Morgan fingerprint density at radius 1 is 0.392 bits per heavy atom. The Bertz CT molecular complexity index is 2830. The number of pyridine rings is 1. The summed E-state index contributed by atoms with van der Waals surface area (Å²) >= 11 is 1.83. The van der Waals surface area contributed by atoms with Crippen molar-refractivity contribution in [1.29, 1.82) is 0 Å². The normalized spacial score (nSPS) is 11.5. The molecule has 0 aliphatic rings. The quantitative estimate of drug-likeness (QED) is 0.183. The highest BCUT2D eigenvalue weighted by atomic mass is 32.1. The maximum atomic E-state index is 5.45. The molecule has 51 heavy (non-hydrogen) atoms. The second-order valence-electron chi connectivity index (χ2n) is 12.8. The van der Waals surface area contributed by atoms with E-state index < -0.39 is 0 Å². The molecule has 0 spiro atoms. The third kappa shape index (κ3) is 5.16. The first-order chi connectivity index (χ1) is 25.3. The minimum Gasteiger partial charge on any atom is -0.247 e. The summed E-state index contributed by atoms with van der Waals surface area (Å²) in [5.41, 5.74) is 10.2. The van der Waals surface area contributed by atoms with Gasteiger partial charge in [-0.15, -0.1) is 11.3 Å². The van der Waals surface area contributed by atoms with Gasteiger partial charge in [-0.05, 0) is 40.1 Å². The molecule has 0 fully saturated rings. The van der Waals surface area contributed by atoms with Crippen LogP contribution in [0.1, 0.15) is 0 Å². The molecular weight excluding hydrogens is 639 g/mol. The molecular formula is C47H29N3S. The molecule has 10 rings (SSSR count). The first-order valence-electron chi connectivity index (χ1n) is 17.1. The fourth-order valence-corrected chi connectivity index (χ4v) is 8.42. The van der Waals surface area contributed by atoms with Crippen LogP contribution in [-0.2, 0) is 0 Å². The van der Waals surface area contributed by atoms with Gasteiger partial charge in [-0.3, -0.25) is 0 Å². The number of hydrogen-bond donors (Lipinski definition) is 0. The molecule has 0 bridgehead atoms. The Morgan fingerprint density at radius 2 is 1.00 bits per heavy atom. The maximum Gasteiger partial charge on any atom is 0.160 e. The lowest BCUT2D eigenvalue weighted by molar-refractivity contribution is 1.18. The molecule has 0 aliphatic heterocycles. The second-order valence-corrected chi connectivity index (χ2v) is 13.8. The third-order valence-corrected chi connectivity index (χ3v) is 10.9. The molecule has 0 saturated heterocycles. The third-order valence-electron chi connectivity index (χ3n) is 9.69. The summed E-state index contributed by atoms with van der Waals surface area (Å²) in [6.45, 7) is 0. The predicted molar refractivity (Wildman–Crippen MR) is 215 cm³/mol. The molecule has 0 amide bonds. The van der Waals surface area contributed by atoms with E-state index >= 15 is 0 Å². The van der Waals surface area contributed by atoms with E-state index in [9.17, 15) is 0 Å². The van der Waals surface area contributed by atoms with Gasteiger partial charge in [0.05, 0.1) is 22.6 Å². The Balaban J connectivity index is 1.16. The van der Waals surface area contributed by atoms with Crippen molar-refractivity contribution in [1.82, 2.24) is 15.0 Å². The fraction of sp³-hybridized carbons (Fsp3) is 0. The zero-order chi connectivity index (χ0) is 33.7. The summed E-state index contributed by atoms with van der Waals surface area (Å²) in [5, 5.41) is 6.06. The van der Waals surface area contributed by atoms with Crippen LogP contribution in [0, 0.1) is 0 Å². The van der Waals surface area contributed by atoms with Gasteiger partial charge in [0.2, 0.25) is 0 Å². The van der Waals surface area contributed by atoms with E-state index in [1.54, 1.807) is 0 Å². The molecule has 0 unspecified atom stereocenters. The predicted octanol–water partition coefficient (Wildman–Crippen LogP) is 12.9. The monoisotopic (exact) mass is 667 g/mol. The first kappa shape index (κ1) is 29.4. The van der Waals surface area contributed by atoms with Crippen LogP contribution >= 0.6 is 11.3 Å². The topological polar surface area (TPSA) is 38.7 Å². The van der Waals surface area contributed by atoms with Gasteiger partial charge in [0.25, 0.3) is 0 Å². The van der Waals surface area contributed by atoms with Gasteiger partial charge >= 0.3 is 0 Å². The summed E-state index contributed by atoms with van der Waals surface area (Å²) in [6, 6.07) is 61.9. The highest BCUT2D eigenvalue weighted by Gasteiger charge is 2.18. The van der Waals surface area contributed by atoms with Crippen molar-refractivity contribution in [2.75, 3.05) is 0 Å². The van der Waals surface area contributed by atoms with Gasteiger partial charge in [-0.2, -0.15) is 0 Å². The molecule has 3 aromatic heterocycles. The Hall–Kier alpha value is -6.49. The number of hydrogen-bond acceptors (Lipinski definition) is 4. The van der Waals surface area contributed by atoms with Gasteiger partial charge in [0, 0.05) is 47.8 Å². The minimum absolute atomic E-state index is 0.677. The lowest BCUT2D eigenvalue weighted by Gasteiger charge is -2.12. The molecule has 0 N–H and O–H groups in total. The molecule has 0 aliphatic carbocycles. The number of benzene rings is 7. The van der Waals surface area contributed by atoms with Crippen molar-refractivity contribution < 1.29 is 0 Å². The van der Waals surface area contributed by atoms with Crippen LogP contribution in [-0.4, -0.2) is 15.0 Å². The maximum absolute atomic E-state index is 5.45. The average molecular weight is 668 g/mol. The standard InChI is InChI=1S/C47H29N3S/c1-3-13-32(14-4-1)40-29-41(33-15-5-2-6-16-33)50-47(49-40)35-26-27-38-42(28-35)48-45(44-39-19-9-10-21-43(39)51-46(38)44)34-24-22-31(23-25-34)37-20-11-17-30-12-7-8-18-36(30)37/h1-29H. The summed E-state index contributed by atoms with van der Waals surface area (Å²) in [7, 11) is 0. The van der Waals surface area contributed by atoms with E-state index in [1.807, 2.05) is 47.7 Å². The van der Waals surface area contributed by atoms with E-state index in [-0.39, 0.29) is 0 Å². The molecule has 238 valence electrons. The van der Waals surface area contributed by atoms with Crippen molar-refractivity contribution in [3.05, 3.63) is 176 Å². The molecule has 7 aromatic carbocycles. The van der Waals surface area contributed by atoms with Crippen molar-refractivity contribution in [3.8, 4) is 56.3 Å². The molecule has 3 heterocycles. The van der Waals surface area contributed by atoms with Crippen molar-refractivity contribution >= 4 is 53.2 Å². The molecule has 3 nitrogen and oxygen atoms in total. The summed E-state index contributed by atoms with van der Waals surface area (Å²) in [5.74, 6) is 0.677.